The molecule has 1 aliphatic rings. The number of rotatable bonds is 42. The van der Waals surface area contributed by atoms with Crippen molar-refractivity contribution >= 4 is 40.9 Å². The van der Waals surface area contributed by atoms with E-state index in [1.807, 2.05) is 23.9 Å². The van der Waals surface area contributed by atoms with E-state index in [9.17, 15) is 24.0 Å². The van der Waals surface area contributed by atoms with E-state index in [4.69, 9.17) is 9.47 Å². The number of esters is 2. The Balaban J connectivity index is 1.82. The summed E-state index contributed by atoms with van der Waals surface area (Å²) in [6.07, 6.45) is 33.0. The van der Waals surface area contributed by atoms with Crippen molar-refractivity contribution in [2.24, 2.45) is 0 Å². The molecular weight excluding hydrogens is 835 g/mol. The first kappa shape index (κ1) is 58.3. The summed E-state index contributed by atoms with van der Waals surface area (Å²) in [6, 6.07) is 0. The molecule has 11 heteroatoms. The van der Waals surface area contributed by atoms with Crippen LogP contribution in [0.4, 0.5) is 0 Å². The second-order valence-corrected chi connectivity index (χ2v) is 20.3. The number of carbonyl (C=O) groups excluding carboxylic acids is 5. The van der Waals surface area contributed by atoms with Crippen molar-refractivity contribution in [2.75, 3.05) is 40.3 Å². The van der Waals surface area contributed by atoms with Gasteiger partial charge in [-0.25, -0.2) is 0 Å². The van der Waals surface area contributed by atoms with Crippen LogP contribution in [-0.2, 0) is 48.0 Å². The Morgan fingerprint density at radius 3 is 1.74 bits per heavy atom. The Morgan fingerprint density at radius 1 is 0.631 bits per heavy atom. The van der Waals surface area contributed by atoms with Gasteiger partial charge in [-0.1, -0.05) is 136 Å². The van der Waals surface area contributed by atoms with Crippen molar-refractivity contribution in [3.8, 4) is 0 Å². The Bertz CT molecular complexity index is 1430. The van der Waals surface area contributed by atoms with Crippen molar-refractivity contribution in [3.63, 3.8) is 0 Å². The minimum atomic E-state index is -0.179. The lowest BCUT2D eigenvalue weighted by Crippen LogP contribution is -2.36. The van der Waals surface area contributed by atoms with Crippen LogP contribution in [0.3, 0.4) is 0 Å². The molecule has 0 fully saturated rings. The number of nitrogens with zero attached hydrogens (tertiary/aromatic N) is 2. The van der Waals surface area contributed by atoms with E-state index in [0.717, 1.165) is 60.4 Å². The van der Waals surface area contributed by atoms with E-state index in [1.54, 1.807) is 11.3 Å². The zero-order chi connectivity index (χ0) is 47.3. The summed E-state index contributed by atoms with van der Waals surface area (Å²) in [6.45, 7) is 9.43. The molecule has 2 amide bonds. The number of Topliss-reactive ketones (excluding diaryl/α,β-unsaturated/α-hetero) is 1. The van der Waals surface area contributed by atoms with Crippen LogP contribution >= 0.6 is 11.3 Å². The van der Waals surface area contributed by atoms with Crippen LogP contribution in [0.5, 0.6) is 0 Å². The van der Waals surface area contributed by atoms with Crippen molar-refractivity contribution < 1.29 is 33.4 Å². The van der Waals surface area contributed by atoms with Crippen LogP contribution in [-0.4, -0.2) is 85.8 Å². The molecule has 0 atom stereocenters. The number of aryl methyl sites for hydroxylation is 1. The quantitative estimate of drug-likeness (QED) is 0.0508. The summed E-state index contributed by atoms with van der Waals surface area (Å²) in [4.78, 5) is 71.2. The summed E-state index contributed by atoms with van der Waals surface area (Å²) in [7, 11) is 3.95. The minimum Gasteiger partial charge on any atom is -0.466 e. The summed E-state index contributed by atoms with van der Waals surface area (Å²) < 4.78 is 11.5. The van der Waals surface area contributed by atoms with Crippen LogP contribution in [0.25, 0.3) is 0 Å². The molecular formula is C54H95N3O7S. The molecule has 0 bridgehead atoms. The Kier molecular flexibility index (Phi) is 34.3. The molecule has 0 aromatic carbocycles. The average molecular weight is 930 g/mol. The number of hydrogen-bond donors (Lipinski definition) is 1. The second kappa shape index (κ2) is 38.2. The van der Waals surface area contributed by atoms with Gasteiger partial charge in [-0.2, -0.15) is 0 Å². The summed E-state index contributed by atoms with van der Waals surface area (Å²) in [5.74, 6) is -0.226. The molecule has 1 aromatic rings. The van der Waals surface area contributed by atoms with E-state index < -0.39 is 0 Å². The lowest BCUT2D eigenvalue weighted by atomic mass is 9.98. The van der Waals surface area contributed by atoms with Crippen LogP contribution in [0.1, 0.15) is 252 Å². The average Bonchev–Trinajstić information content (AvgIpc) is 3.66. The highest BCUT2D eigenvalue weighted by Crippen LogP contribution is 2.35. The van der Waals surface area contributed by atoms with Crippen molar-refractivity contribution in [3.05, 3.63) is 20.9 Å². The van der Waals surface area contributed by atoms with E-state index in [0.29, 0.717) is 102 Å². The highest BCUT2D eigenvalue weighted by atomic mass is 32.1. The molecule has 0 radical (unpaired) electrons. The molecule has 2 rings (SSSR count). The maximum atomic E-state index is 13.6. The molecule has 0 saturated heterocycles. The van der Waals surface area contributed by atoms with Crippen LogP contribution in [0, 0.1) is 0 Å². The number of ether oxygens (including phenoxy) is 2. The topological polar surface area (TPSA) is 122 Å². The normalized spacial score (nSPS) is 12.5. The Morgan fingerprint density at radius 2 is 1.15 bits per heavy atom. The zero-order valence-electron chi connectivity index (χ0n) is 42.3. The monoisotopic (exact) mass is 930 g/mol. The predicted octanol–water partition coefficient (Wildman–Crippen LogP) is 13.0. The highest BCUT2D eigenvalue weighted by molar-refractivity contribution is 7.12. The van der Waals surface area contributed by atoms with Crippen molar-refractivity contribution in [1.29, 1.82) is 0 Å². The Labute approximate surface area is 400 Å². The fourth-order valence-electron chi connectivity index (χ4n) is 8.75. The third kappa shape index (κ3) is 28.2. The third-order valence-electron chi connectivity index (χ3n) is 12.9. The van der Waals surface area contributed by atoms with Gasteiger partial charge in [0.25, 0.3) is 5.91 Å². The number of unbranched alkanes of at least 4 members (excludes halogenated alkanes) is 20. The van der Waals surface area contributed by atoms with Gasteiger partial charge in [-0.3, -0.25) is 24.0 Å². The van der Waals surface area contributed by atoms with Gasteiger partial charge < -0.3 is 24.6 Å². The number of likely N-dealkylation sites (N-methyl/N-ethyl adjacent to an activating group) is 1. The number of carbonyl (C=O) groups is 5. The lowest BCUT2D eigenvalue weighted by Gasteiger charge is -2.27. The molecule has 1 aliphatic heterocycles. The molecule has 1 N–H and O–H groups in total. The molecule has 65 heavy (non-hydrogen) atoms. The number of hydrogen-bond acceptors (Lipinski definition) is 9. The third-order valence-corrected chi connectivity index (χ3v) is 14.1. The van der Waals surface area contributed by atoms with Crippen molar-refractivity contribution in [1.82, 2.24) is 15.1 Å². The fourth-order valence-corrected chi connectivity index (χ4v) is 10.1. The summed E-state index contributed by atoms with van der Waals surface area (Å²) in [5.41, 5.74) is 1.69. The van der Waals surface area contributed by atoms with E-state index in [-0.39, 0.29) is 35.6 Å². The van der Waals surface area contributed by atoms with E-state index >= 15 is 0 Å². The van der Waals surface area contributed by atoms with Crippen LogP contribution < -0.4 is 5.32 Å². The van der Waals surface area contributed by atoms with E-state index in [2.05, 4.69) is 26.1 Å². The molecule has 10 nitrogen and oxygen atoms in total. The van der Waals surface area contributed by atoms with Gasteiger partial charge in [0.15, 0.2) is 0 Å². The predicted molar refractivity (Wildman–Crippen MR) is 269 cm³/mol. The highest BCUT2D eigenvalue weighted by Gasteiger charge is 2.29. The summed E-state index contributed by atoms with van der Waals surface area (Å²) in [5, 5.41) is 3.09. The van der Waals surface area contributed by atoms with E-state index in [1.165, 1.54) is 109 Å². The first-order valence-electron chi connectivity index (χ1n) is 26.8. The van der Waals surface area contributed by atoms with Crippen LogP contribution in [0.15, 0.2) is 0 Å². The fraction of sp³-hybridized carbons (Fsp3) is 0.833. The van der Waals surface area contributed by atoms with Crippen LogP contribution in [0.2, 0.25) is 0 Å². The summed E-state index contributed by atoms with van der Waals surface area (Å²) >= 11 is 1.56. The maximum absolute atomic E-state index is 13.6. The van der Waals surface area contributed by atoms with Gasteiger partial charge in [0, 0.05) is 61.5 Å². The molecule has 374 valence electrons. The molecule has 0 aliphatic carbocycles. The SMILES string of the molecule is CCCCCCCCCCCOC(=O)CCCCC(=O)N1CCc2c(sc(CCC(=O)CCCCC(=O)OC(CCCCCCCC)CCCCCCCC)c2C(=O)NCCN(C)C)C1. The molecule has 2 heterocycles. The number of amides is 2. The second-order valence-electron chi connectivity index (χ2n) is 19.2. The number of thiophene rings is 1. The molecule has 0 saturated carbocycles. The Hall–Kier alpha value is -2.79. The number of ketones is 1. The number of fused-ring (bicyclic) bond motifs is 1. The molecule has 1 aromatic heterocycles. The standard InChI is InChI=1S/C54H95N3O7S/c1-6-9-12-15-18-19-20-23-30-43-63-51(60)35-29-27-34-50(59)57-41-39-47-49(44-57)65-48(53(47)54(62)55-40-42-56(4)5)38-37-45(58)31-26-28-36-52(61)64-46(32-24-21-16-13-10-7-2)33-25-22-17-14-11-8-3/h46H,6-44H2,1-5H3,(H,55,62). The van der Waals surface area contributed by atoms with Gasteiger partial charge in [-0.15, -0.1) is 11.3 Å². The largest absolute Gasteiger partial charge is 0.466 e. The van der Waals surface area contributed by atoms with Gasteiger partial charge in [-0.05, 0) is 90.3 Å². The smallest absolute Gasteiger partial charge is 0.306 e. The van der Waals surface area contributed by atoms with Gasteiger partial charge >= 0.3 is 11.9 Å². The zero-order valence-corrected chi connectivity index (χ0v) is 43.1. The minimum absolute atomic E-state index is 0.00106. The van der Waals surface area contributed by atoms with Gasteiger partial charge in [0.05, 0.1) is 18.7 Å². The van der Waals surface area contributed by atoms with Crippen molar-refractivity contribution in [2.45, 2.75) is 252 Å². The molecule has 0 spiro atoms. The molecule has 0 unspecified atom stereocenters. The van der Waals surface area contributed by atoms with Gasteiger partial charge in [0.1, 0.15) is 11.9 Å². The van der Waals surface area contributed by atoms with Gasteiger partial charge in [0.2, 0.25) is 5.91 Å². The first-order valence-corrected chi connectivity index (χ1v) is 27.6. The maximum Gasteiger partial charge on any atom is 0.306 e. The number of nitrogens with one attached hydrogen (secondary N) is 1. The lowest BCUT2D eigenvalue weighted by molar-refractivity contribution is -0.150. The first-order chi connectivity index (χ1) is 31.6.